The molecule has 1 fully saturated rings. The van der Waals surface area contributed by atoms with Gasteiger partial charge in [0.1, 0.15) is 5.60 Å². The molecule has 0 saturated heterocycles. The average molecular weight is 233 g/mol. The third-order valence-corrected chi connectivity index (χ3v) is 3.64. The first-order chi connectivity index (χ1) is 8.13. The zero-order valence-electron chi connectivity index (χ0n) is 10.3. The molecular formula is C14H19NO2. The Labute approximate surface area is 102 Å². The van der Waals surface area contributed by atoms with Gasteiger partial charge in [0, 0.05) is 18.0 Å². The van der Waals surface area contributed by atoms with Gasteiger partial charge in [-0.15, -0.1) is 0 Å². The number of aryl methyl sites for hydroxylation is 1. The van der Waals surface area contributed by atoms with Crippen molar-refractivity contribution in [1.82, 2.24) is 4.98 Å². The molecule has 3 nitrogen and oxygen atoms in total. The van der Waals surface area contributed by atoms with Gasteiger partial charge in [-0.2, -0.15) is 0 Å². The molecule has 0 spiro atoms. The van der Waals surface area contributed by atoms with E-state index in [4.69, 9.17) is 0 Å². The summed E-state index contributed by atoms with van der Waals surface area (Å²) in [4.78, 5) is 16.4. The van der Waals surface area contributed by atoms with Crippen LogP contribution in [0.2, 0.25) is 0 Å². The number of carbonyl (C=O) groups excluding carboxylic acids is 1. The maximum Gasteiger partial charge on any atom is 0.196 e. The largest absolute Gasteiger partial charge is 0.382 e. The van der Waals surface area contributed by atoms with Crippen LogP contribution in [0.3, 0.4) is 0 Å². The minimum absolute atomic E-state index is 0.148. The first-order valence-corrected chi connectivity index (χ1v) is 6.31. The Hall–Kier alpha value is -1.22. The van der Waals surface area contributed by atoms with Gasteiger partial charge in [0.05, 0.1) is 0 Å². The van der Waals surface area contributed by atoms with E-state index in [0.717, 1.165) is 31.2 Å². The summed E-state index contributed by atoms with van der Waals surface area (Å²) in [5.41, 5.74) is 0.296. The van der Waals surface area contributed by atoms with E-state index in [1.54, 1.807) is 12.4 Å². The van der Waals surface area contributed by atoms with Crippen LogP contribution in [0.25, 0.3) is 0 Å². The summed E-state index contributed by atoms with van der Waals surface area (Å²) in [6.45, 7) is 1.88. The average Bonchev–Trinajstić information content (AvgIpc) is 2.55. The molecule has 1 aliphatic carbocycles. The van der Waals surface area contributed by atoms with Crippen molar-refractivity contribution in [2.24, 2.45) is 0 Å². The summed E-state index contributed by atoms with van der Waals surface area (Å²) in [7, 11) is 0. The van der Waals surface area contributed by atoms with E-state index in [-0.39, 0.29) is 5.78 Å². The molecule has 0 aliphatic heterocycles. The predicted molar refractivity (Wildman–Crippen MR) is 66.0 cm³/mol. The van der Waals surface area contributed by atoms with Crippen LogP contribution in [0, 0.1) is 6.92 Å². The number of hydrogen-bond acceptors (Lipinski definition) is 3. The topological polar surface area (TPSA) is 50.2 Å². The molecule has 0 unspecified atom stereocenters. The normalized spacial score (nSPS) is 19.6. The fourth-order valence-corrected chi connectivity index (χ4v) is 2.49. The van der Waals surface area contributed by atoms with Crippen molar-refractivity contribution in [3.63, 3.8) is 0 Å². The molecule has 1 aromatic rings. The Morgan fingerprint density at radius 3 is 2.53 bits per heavy atom. The number of pyridine rings is 1. The Bertz CT molecular complexity index is 406. The molecule has 1 aromatic heterocycles. The van der Waals surface area contributed by atoms with Crippen LogP contribution >= 0.6 is 0 Å². The number of rotatable bonds is 2. The van der Waals surface area contributed by atoms with E-state index >= 15 is 0 Å². The van der Waals surface area contributed by atoms with Gasteiger partial charge in [0.25, 0.3) is 0 Å². The van der Waals surface area contributed by atoms with E-state index in [2.05, 4.69) is 4.98 Å². The van der Waals surface area contributed by atoms with Crippen molar-refractivity contribution in [2.45, 2.75) is 51.0 Å². The molecule has 0 atom stereocenters. The second kappa shape index (κ2) is 4.96. The summed E-state index contributed by atoms with van der Waals surface area (Å²) in [6, 6.07) is 1.81. The third kappa shape index (κ3) is 2.55. The fourth-order valence-electron chi connectivity index (χ4n) is 2.49. The maximum atomic E-state index is 12.4. The first kappa shape index (κ1) is 12.2. The number of carbonyl (C=O) groups is 1. The highest BCUT2D eigenvalue weighted by Gasteiger charge is 2.37. The van der Waals surface area contributed by atoms with E-state index in [1.165, 1.54) is 0 Å². The van der Waals surface area contributed by atoms with Crippen molar-refractivity contribution < 1.29 is 9.90 Å². The molecule has 0 bridgehead atoms. The summed E-state index contributed by atoms with van der Waals surface area (Å²) in [5.74, 6) is -0.148. The Morgan fingerprint density at radius 1 is 1.29 bits per heavy atom. The van der Waals surface area contributed by atoms with Gasteiger partial charge in [-0.05, 0) is 31.4 Å². The lowest BCUT2D eigenvalue weighted by Gasteiger charge is -2.25. The lowest BCUT2D eigenvalue weighted by Crippen LogP contribution is -2.38. The highest BCUT2D eigenvalue weighted by molar-refractivity contribution is 6.03. The van der Waals surface area contributed by atoms with E-state index < -0.39 is 5.60 Å². The van der Waals surface area contributed by atoms with Crippen LogP contribution in [0.4, 0.5) is 0 Å². The fraction of sp³-hybridized carbons (Fsp3) is 0.571. The Balaban J connectivity index is 2.27. The number of aliphatic hydroxyl groups is 1. The SMILES string of the molecule is Cc1ccncc1C(=O)C1(O)CCCCCC1. The van der Waals surface area contributed by atoms with Gasteiger partial charge in [-0.25, -0.2) is 0 Å². The van der Waals surface area contributed by atoms with Gasteiger partial charge in [-0.3, -0.25) is 9.78 Å². The van der Waals surface area contributed by atoms with Crippen LogP contribution in [0.15, 0.2) is 18.5 Å². The summed E-state index contributed by atoms with van der Waals surface area (Å²) in [5, 5.41) is 10.5. The first-order valence-electron chi connectivity index (χ1n) is 6.31. The van der Waals surface area contributed by atoms with Crippen LogP contribution in [-0.2, 0) is 0 Å². The molecule has 1 aliphatic rings. The Kier molecular flexibility index (Phi) is 3.57. The molecule has 3 heteroatoms. The van der Waals surface area contributed by atoms with Crippen LogP contribution < -0.4 is 0 Å². The standard InChI is InChI=1S/C14H19NO2/c1-11-6-9-15-10-12(11)13(16)14(17)7-4-2-3-5-8-14/h6,9-10,17H,2-5,7-8H2,1H3. The Morgan fingerprint density at radius 2 is 1.94 bits per heavy atom. The van der Waals surface area contributed by atoms with E-state index in [1.807, 2.05) is 13.0 Å². The number of nitrogens with zero attached hydrogens (tertiary/aromatic N) is 1. The van der Waals surface area contributed by atoms with Gasteiger partial charge in [0.2, 0.25) is 0 Å². The minimum Gasteiger partial charge on any atom is -0.382 e. The number of hydrogen-bond donors (Lipinski definition) is 1. The molecule has 2 rings (SSSR count). The summed E-state index contributed by atoms with van der Waals surface area (Å²) < 4.78 is 0. The minimum atomic E-state index is -1.16. The third-order valence-electron chi connectivity index (χ3n) is 3.64. The highest BCUT2D eigenvalue weighted by Crippen LogP contribution is 2.30. The maximum absolute atomic E-state index is 12.4. The molecule has 0 aromatic carbocycles. The van der Waals surface area contributed by atoms with Crippen molar-refractivity contribution in [3.8, 4) is 0 Å². The summed E-state index contributed by atoms with van der Waals surface area (Å²) >= 11 is 0. The molecule has 1 saturated carbocycles. The number of ketones is 1. The predicted octanol–water partition coefficient (Wildman–Crippen LogP) is 2.66. The van der Waals surface area contributed by atoms with E-state index in [9.17, 15) is 9.90 Å². The van der Waals surface area contributed by atoms with Crippen molar-refractivity contribution in [2.75, 3.05) is 0 Å². The second-order valence-corrected chi connectivity index (χ2v) is 4.97. The molecule has 92 valence electrons. The zero-order valence-corrected chi connectivity index (χ0v) is 10.3. The van der Waals surface area contributed by atoms with Crippen molar-refractivity contribution in [1.29, 1.82) is 0 Å². The van der Waals surface area contributed by atoms with Gasteiger partial charge >= 0.3 is 0 Å². The highest BCUT2D eigenvalue weighted by atomic mass is 16.3. The van der Waals surface area contributed by atoms with Crippen LogP contribution in [0.1, 0.15) is 54.4 Å². The zero-order chi connectivity index (χ0) is 12.3. The van der Waals surface area contributed by atoms with Crippen LogP contribution in [0.5, 0.6) is 0 Å². The molecule has 0 amide bonds. The van der Waals surface area contributed by atoms with Crippen LogP contribution in [-0.4, -0.2) is 21.5 Å². The number of Topliss-reactive ketones (excluding diaryl/α,β-unsaturated/α-hetero) is 1. The second-order valence-electron chi connectivity index (χ2n) is 4.97. The van der Waals surface area contributed by atoms with Gasteiger partial charge in [-0.1, -0.05) is 25.7 Å². The molecule has 0 radical (unpaired) electrons. The van der Waals surface area contributed by atoms with Crippen molar-refractivity contribution >= 4 is 5.78 Å². The molecule has 17 heavy (non-hydrogen) atoms. The van der Waals surface area contributed by atoms with Crippen molar-refractivity contribution in [3.05, 3.63) is 29.6 Å². The lowest BCUT2D eigenvalue weighted by atomic mass is 9.85. The monoisotopic (exact) mass is 233 g/mol. The summed E-state index contributed by atoms with van der Waals surface area (Å²) in [6.07, 6.45) is 8.50. The molecular weight excluding hydrogens is 214 g/mol. The van der Waals surface area contributed by atoms with E-state index in [0.29, 0.717) is 18.4 Å². The van der Waals surface area contributed by atoms with Gasteiger partial charge in [0.15, 0.2) is 5.78 Å². The molecule has 1 heterocycles. The smallest absolute Gasteiger partial charge is 0.196 e. The van der Waals surface area contributed by atoms with Gasteiger partial charge < -0.3 is 5.11 Å². The number of aromatic nitrogens is 1. The quantitative estimate of drug-likeness (QED) is 0.631. The molecule has 1 N–H and O–H groups in total. The lowest BCUT2D eigenvalue weighted by molar-refractivity contribution is 0.0237.